The van der Waals surface area contributed by atoms with Crippen LogP contribution in [0.25, 0.3) is 11.3 Å². The Bertz CT molecular complexity index is 1350. The minimum absolute atomic E-state index is 0.0728. The number of likely N-dealkylation sites (N-methyl/N-ethyl adjacent to an activating group) is 1. The fourth-order valence-corrected chi connectivity index (χ4v) is 5.32. The van der Waals surface area contributed by atoms with Crippen LogP contribution in [0.4, 0.5) is 23.7 Å². The number of halogens is 3. The summed E-state index contributed by atoms with van der Waals surface area (Å²) in [6, 6.07) is 7.38. The third-order valence-corrected chi connectivity index (χ3v) is 7.29. The summed E-state index contributed by atoms with van der Waals surface area (Å²) in [4.78, 5) is 31.2. The van der Waals surface area contributed by atoms with Gasteiger partial charge >= 0.3 is 18.2 Å². The summed E-state index contributed by atoms with van der Waals surface area (Å²) in [5, 5.41) is 14.5. The van der Waals surface area contributed by atoms with Gasteiger partial charge in [-0.15, -0.1) is 0 Å². The molecule has 0 atom stereocenters. The Hall–Kier alpha value is -4.07. The zero-order chi connectivity index (χ0) is 29.1. The first-order valence-electron chi connectivity index (χ1n) is 12.8. The number of carbonyl (C=O) groups is 2. The Kier molecular flexibility index (Phi) is 8.37. The molecule has 40 heavy (non-hydrogen) atoms. The summed E-state index contributed by atoms with van der Waals surface area (Å²) in [7, 11) is 3.56. The molecule has 1 aromatic carbocycles. The summed E-state index contributed by atoms with van der Waals surface area (Å²) in [6.45, 7) is 6.43. The highest BCUT2D eigenvalue weighted by atomic mass is 19.4. The molecule has 5 rings (SSSR count). The topological polar surface area (TPSA) is 118 Å². The standard InChI is InChI=1S/C24H31N7O2.C2HF3O2/c1-4-30-12-13-31-21(18-15-26-28(2)17-18)16-25-22(31)24(30)8-10-29(11-9-24)23(32)27-19-6-5-7-20(14-19)33-3;3-2(4,5)1(6)7/h5-7,14-17H,4,8-13H2,1-3H3,(H,27,32);(H,6,7). The van der Waals surface area contributed by atoms with Gasteiger partial charge in [-0.05, 0) is 31.5 Å². The van der Waals surface area contributed by atoms with Gasteiger partial charge in [0.1, 0.15) is 11.6 Å². The first-order valence-corrected chi connectivity index (χ1v) is 12.8. The molecule has 11 nitrogen and oxygen atoms in total. The molecule has 0 saturated carbocycles. The number of hydrogen-bond acceptors (Lipinski definition) is 6. The van der Waals surface area contributed by atoms with E-state index in [1.807, 2.05) is 59.5 Å². The summed E-state index contributed by atoms with van der Waals surface area (Å²) in [5.41, 5.74) is 2.79. The normalized spacial score (nSPS) is 16.6. The van der Waals surface area contributed by atoms with Crippen LogP contribution >= 0.6 is 0 Å². The highest BCUT2D eigenvalue weighted by Crippen LogP contribution is 2.42. The first-order chi connectivity index (χ1) is 19.0. The van der Waals surface area contributed by atoms with Crippen LogP contribution in [-0.4, -0.2) is 85.7 Å². The van der Waals surface area contributed by atoms with E-state index < -0.39 is 12.1 Å². The zero-order valence-corrected chi connectivity index (χ0v) is 22.5. The fraction of sp³-hybridized carbons (Fsp3) is 0.462. The van der Waals surface area contributed by atoms with Gasteiger partial charge in [0, 0.05) is 56.7 Å². The van der Waals surface area contributed by atoms with Gasteiger partial charge in [0.15, 0.2) is 0 Å². The van der Waals surface area contributed by atoms with Crippen molar-refractivity contribution in [3.05, 3.63) is 48.7 Å². The van der Waals surface area contributed by atoms with Crippen molar-refractivity contribution < 1.29 is 32.6 Å². The lowest BCUT2D eigenvalue weighted by Crippen LogP contribution is -2.58. The molecule has 1 spiro atoms. The van der Waals surface area contributed by atoms with Crippen molar-refractivity contribution in [2.45, 2.75) is 38.0 Å². The van der Waals surface area contributed by atoms with Crippen LogP contribution in [-0.2, 0) is 23.9 Å². The Morgan fingerprint density at radius 1 is 1.15 bits per heavy atom. The van der Waals surface area contributed by atoms with Crippen molar-refractivity contribution in [3.63, 3.8) is 0 Å². The molecule has 14 heteroatoms. The van der Waals surface area contributed by atoms with E-state index >= 15 is 0 Å². The molecule has 2 aliphatic heterocycles. The molecule has 3 aromatic rings. The monoisotopic (exact) mass is 563 g/mol. The molecule has 1 fully saturated rings. The van der Waals surface area contributed by atoms with Gasteiger partial charge in [-0.25, -0.2) is 14.6 Å². The van der Waals surface area contributed by atoms with Crippen molar-refractivity contribution in [1.82, 2.24) is 29.1 Å². The van der Waals surface area contributed by atoms with Gasteiger partial charge in [-0.3, -0.25) is 9.58 Å². The second kappa shape index (κ2) is 11.6. The first kappa shape index (κ1) is 28.9. The van der Waals surface area contributed by atoms with Crippen LogP contribution in [0, 0.1) is 0 Å². The van der Waals surface area contributed by atoms with E-state index in [2.05, 4.69) is 26.8 Å². The third kappa shape index (κ3) is 5.91. The number of nitrogens with zero attached hydrogens (tertiary/aromatic N) is 6. The molecule has 216 valence electrons. The number of aliphatic carboxylic acids is 1. The Balaban J connectivity index is 0.000000470. The van der Waals surface area contributed by atoms with E-state index in [4.69, 9.17) is 19.6 Å². The van der Waals surface area contributed by atoms with Crippen LogP contribution in [0.15, 0.2) is 42.9 Å². The minimum atomic E-state index is -5.08. The number of alkyl halides is 3. The van der Waals surface area contributed by atoms with E-state index in [0.717, 1.165) is 61.0 Å². The zero-order valence-electron chi connectivity index (χ0n) is 22.5. The molecule has 2 amide bonds. The number of nitrogens with one attached hydrogen (secondary N) is 1. The number of likely N-dealkylation sites (tertiary alicyclic amines) is 1. The van der Waals surface area contributed by atoms with Crippen LogP contribution in [0.2, 0.25) is 0 Å². The number of carbonyl (C=O) groups excluding carboxylic acids is 1. The molecule has 2 aromatic heterocycles. The lowest BCUT2D eigenvalue weighted by atomic mass is 9.83. The average molecular weight is 564 g/mol. The number of piperidine rings is 1. The second-order valence-electron chi connectivity index (χ2n) is 9.58. The minimum Gasteiger partial charge on any atom is -0.497 e. The molecule has 4 heterocycles. The number of amides is 2. The number of ether oxygens (including phenoxy) is 1. The number of imidazole rings is 1. The Labute approximate surface area is 229 Å². The molecule has 2 aliphatic rings. The highest BCUT2D eigenvalue weighted by molar-refractivity contribution is 5.89. The van der Waals surface area contributed by atoms with Crippen molar-refractivity contribution in [2.24, 2.45) is 7.05 Å². The van der Waals surface area contributed by atoms with E-state index in [0.29, 0.717) is 13.1 Å². The molecular weight excluding hydrogens is 531 g/mol. The van der Waals surface area contributed by atoms with E-state index in [9.17, 15) is 18.0 Å². The number of rotatable bonds is 4. The summed E-state index contributed by atoms with van der Waals surface area (Å²) in [5.74, 6) is -0.919. The number of anilines is 1. The van der Waals surface area contributed by atoms with Gasteiger partial charge in [-0.2, -0.15) is 18.3 Å². The maximum atomic E-state index is 13.0. The van der Waals surface area contributed by atoms with E-state index in [1.165, 1.54) is 0 Å². The number of hydrogen-bond donors (Lipinski definition) is 2. The third-order valence-electron chi connectivity index (χ3n) is 7.29. The lowest BCUT2D eigenvalue weighted by molar-refractivity contribution is -0.192. The average Bonchev–Trinajstić information content (AvgIpc) is 3.56. The number of methoxy groups -OCH3 is 1. The predicted octanol–water partition coefficient (Wildman–Crippen LogP) is 3.78. The quantitative estimate of drug-likeness (QED) is 0.496. The number of carboxylic acids is 1. The molecule has 2 N–H and O–H groups in total. The molecule has 1 saturated heterocycles. The summed E-state index contributed by atoms with van der Waals surface area (Å²) in [6.07, 6.45) is 2.55. The Morgan fingerprint density at radius 3 is 2.42 bits per heavy atom. The lowest BCUT2D eigenvalue weighted by Gasteiger charge is -2.50. The second-order valence-corrected chi connectivity index (χ2v) is 9.58. The number of carboxylic acid groups (broad SMARTS) is 1. The van der Waals surface area contributed by atoms with Crippen molar-refractivity contribution >= 4 is 17.7 Å². The number of aromatic nitrogens is 4. The largest absolute Gasteiger partial charge is 0.497 e. The van der Waals surface area contributed by atoms with Gasteiger partial charge in [0.25, 0.3) is 0 Å². The Morgan fingerprint density at radius 2 is 1.85 bits per heavy atom. The van der Waals surface area contributed by atoms with Crippen LogP contribution in [0.5, 0.6) is 5.75 Å². The van der Waals surface area contributed by atoms with Crippen LogP contribution < -0.4 is 10.1 Å². The van der Waals surface area contributed by atoms with E-state index in [-0.39, 0.29) is 11.6 Å². The number of urea groups is 1. The molecule has 0 radical (unpaired) electrons. The van der Waals surface area contributed by atoms with Gasteiger partial charge in [-0.1, -0.05) is 13.0 Å². The molecule has 0 unspecified atom stereocenters. The van der Waals surface area contributed by atoms with Gasteiger partial charge in [0.05, 0.1) is 30.7 Å². The number of fused-ring (bicyclic) bond motifs is 2. The van der Waals surface area contributed by atoms with E-state index in [1.54, 1.807) is 7.11 Å². The molecule has 0 aliphatic carbocycles. The summed E-state index contributed by atoms with van der Waals surface area (Å²) < 4.78 is 41.2. The molecule has 0 bridgehead atoms. The van der Waals surface area contributed by atoms with Crippen molar-refractivity contribution in [1.29, 1.82) is 0 Å². The van der Waals surface area contributed by atoms with Crippen molar-refractivity contribution in [2.75, 3.05) is 38.6 Å². The van der Waals surface area contributed by atoms with Gasteiger partial charge < -0.3 is 24.6 Å². The number of benzene rings is 1. The smallest absolute Gasteiger partial charge is 0.490 e. The predicted molar refractivity (Wildman–Crippen MR) is 140 cm³/mol. The van der Waals surface area contributed by atoms with Gasteiger partial charge in [0.2, 0.25) is 0 Å². The highest BCUT2D eigenvalue weighted by Gasteiger charge is 2.47. The number of aryl methyl sites for hydroxylation is 1. The maximum absolute atomic E-state index is 13.0. The molecular formula is C26H32F3N7O4. The fourth-order valence-electron chi connectivity index (χ4n) is 5.32. The van der Waals surface area contributed by atoms with Crippen molar-refractivity contribution in [3.8, 4) is 17.0 Å². The van der Waals surface area contributed by atoms with Crippen LogP contribution in [0.1, 0.15) is 25.6 Å². The summed E-state index contributed by atoms with van der Waals surface area (Å²) >= 11 is 0. The maximum Gasteiger partial charge on any atom is 0.490 e. The SMILES string of the molecule is CCN1CCn2c(-c3cnn(C)c3)cnc2C12CCN(C(=O)Nc1cccc(OC)c1)CC2.O=C(O)C(F)(F)F. The van der Waals surface area contributed by atoms with Crippen LogP contribution in [0.3, 0.4) is 0 Å².